The number of ether oxygens (including phenoxy) is 1. The lowest BCUT2D eigenvalue weighted by atomic mass is 10.2. The zero-order valence-electron chi connectivity index (χ0n) is 8.87. The molecule has 0 amide bonds. The lowest BCUT2D eigenvalue weighted by molar-refractivity contribution is 0.306. The first-order valence-electron chi connectivity index (χ1n) is 5.16. The molecule has 3 aromatic rings. The van der Waals surface area contributed by atoms with Gasteiger partial charge in [0.2, 0.25) is 0 Å². The van der Waals surface area contributed by atoms with Gasteiger partial charge in [-0.05, 0) is 41.6 Å². The van der Waals surface area contributed by atoms with E-state index in [-0.39, 0.29) is 0 Å². The lowest BCUT2D eigenvalue weighted by Crippen LogP contribution is -2.00. The van der Waals surface area contributed by atoms with Gasteiger partial charge >= 0.3 is 0 Å². The quantitative estimate of drug-likeness (QED) is 0.461. The number of rotatable bonds is 0. The maximum Gasteiger partial charge on any atom is 0.139 e. The van der Waals surface area contributed by atoms with Crippen molar-refractivity contribution in [3.8, 4) is 15.5 Å². The summed E-state index contributed by atoms with van der Waals surface area (Å²) in [5, 5.41) is 0. The smallest absolute Gasteiger partial charge is 0.139 e. The van der Waals surface area contributed by atoms with E-state index in [4.69, 9.17) is 4.74 Å². The summed E-state index contributed by atoms with van der Waals surface area (Å²) in [6, 6.07) is 4.43. The fourth-order valence-electron chi connectivity index (χ4n) is 2.13. The van der Waals surface area contributed by atoms with Gasteiger partial charge < -0.3 is 4.74 Å². The van der Waals surface area contributed by atoms with Crippen molar-refractivity contribution in [3.63, 3.8) is 0 Å². The van der Waals surface area contributed by atoms with Crippen molar-refractivity contribution < 1.29 is 4.74 Å². The van der Waals surface area contributed by atoms with E-state index in [0.717, 1.165) is 12.4 Å². The molecule has 4 heterocycles. The summed E-state index contributed by atoms with van der Waals surface area (Å²) in [6.45, 7) is 2.88. The van der Waals surface area contributed by atoms with Gasteiger partial charge in [0.05, 0.1) is 17.3 Å². The van der Waals surface area contributed by atoms with E-state index in [1.54, 1.807) is 0 Å². The van der Waals surface area contributed by atoms with Gasteiger partial charge in [0, 0.05) is 15.1 Å². The van der Waals surface area contributed by atoms with Crippen LogP contribution in [0.25, 0.3) is 19.2 Å². The number of halogens is 1. The van der Waals surface area contributed by atoms with Crippen LogP contribution in [-0.4, -0.2) is 0 Å². The topological polar surface area (TPSA) is 9.23 Å². The third-order valence-corrected chi connectivity index (χ3v) is 7.29. The molecular formula is C12H7IOS3. The molecule has 0 N–H and O–H groups in total. The zero-order valence-corrected chi connectivity index (χ0v) is 13.5. The Hall–Kier alpha value is -0.110. The van der Waals surface area contributed by atoms with Crippen LogP contribution in [0, 0.1) is 9.81 Å². The number of fused-ring (bicyclic) bond motifs is 5. The highest BCUT2D eigenvalue weighted by Gasteiger charge is 2.25. The minimum absolute atomic E-state index is 0.731. The summed E-state index contributed by atoms with van der Waals surface area (Å²) in [5.74, 6) is 1.07. The van der Waals surface area contributed by atoms with Crippen LogP contribution in [0.1, 0.15) is 10.4 Å². The molecule has 17 heavy (non-hydrogen) atoms. The molecule has 0 atom stereocenters. The van der Waals surface area contributed by atoms with Crippen LogP contribution in [0.3, 0.4) is 0 Å². The van der Waals surface area contributed by atoms with Crippen LogP contribution in [0.5, 0.6) is 5.75 Å². The second kappa shape index (κ2) is 3.69. The second-order valence-electron chi connectivity index (χ2n) is 3.99. The fraction of sp³-hybridized carbons (Fsp3) is 0.167. The fourth-order valence-corrected chi connectivity index (χ4v) is 6.78. The number of hydrogen-bond donors (Lipinski definition) is 0. The maximum absolute atomic E-state index is 5.87. The normalized spacial score (nSPS) is 13.5. The number of hydrogen-bond acceptors (Lipinski definition) is 4. The summed E-state index contributed by atoms with van der Waals surface area (Å²) in [7, 11) is 0. The lowest BCUT2D eigenvalue weighted by Gasteiger charge is -2.13. The Balaban J connectivity index is 2.06. The summed E-state index contributed by atoms with van der Waals surface area (Å²) in [6.07, 6.45) is 0. The molecule has 0 fully saturated rings. The van der Waals surface area contributed by atoms with Crippen LogP contribution < -0.4 is 4.74 Å². The van der Waals surface area contributed by atoms with Crippen LogP contribution in [0.2, 0.25) is 0 Å². The summed E-state index contributed by atoms with van der Waals surface area (Å²) >= 11 is 8.03. The molecule has 0 unspecified atom stereocenters. The Morgan fingerprint density at radius 3 is 2.94 bits per heavy atom. The molecule has 0 radical (unpaired) electrons. The van der Waals surface area contributed by atoms with Gasteiger partial charge in [-0.3, -0.25) is 0 Å². The van der Waals surface area contributed by atoms with Gasteiger partial charge in [-0.1, -0.05) is 0 Å². The molecule has 0 spiro atoms. The third kappa shape index (κ3) is 1.52. The van der Waals surface area contributed by atoms with Gasteiger partial charge in [-0.15, -0.1) is 34.0 Å². The van der Waals surface area contributed by atoms with Gasteiger partial charge in [0.25, 0.3) is 0 Å². The Morgan fingerprint density at radius 1 is 1.18 bits per heavy atom. The van der Waals surface area contributed by atoms with Gasteiger partial charge in [0.1, 0.15) is 12.4 Å². The second-order valence-corrected chi connectivity index (χ2v) is 9.25. The van der Waals surface area contributed by atoms with Gasteiger partial charge in [-0.2, -0.15) is 0 Å². The third-order valence-electron chi connectivity index (χ3n) is 2.83. The highest BCUT2D eigenvalue weighted by atomic mass is 127. The van der Waals surface area contributed by atoms with Gasteiger partial charge in [0.15, 0.2) is 0 Å². The summed E-state index contributed by atoms with van der Waals surface area (Å²) < 4.78 is 10.1. The molecule has 3 aromatic heterocycles. The molecule has 86 valence electrons. The minimum atomic E-state index is 0.731. The first-order valence-corrected chi connectivity index (χ1v) is 8.69. The van der Waals surface area contributed by atoms with Crippen LogP contribution in [-0.2, 0) is 6.61 Å². The monoisotopic (exact) mass is 390 g/mol. The highest BCUT2D eigenvalue weighted by Crippen LogP contribution is 2.51. The Labute approximate surface area is 124 Å². The Bertz CT molecular complexity index is 734. The van der Waals surface area contributed by atoms with Crippen LogP contribution >= 0.6 is 56.6 Å². The SMILES string of the molecule is Cc1cc2c(s1)-c1sc3cc(I)sc3c1CO2. The summed E-state index contributed by atoms with van der Waals surface area (Å²) in [4.78, 5) is 4.09. The number of aryl methyl sites for hydroxylation is 1. The maximum atomic E-state index is 5.87. The Morgan fingerprint density at radius 2 is 2.06 bits per heavy atom. The largest absolute Gasteiger partial charge is 0.487 e. The molecule has 1 aliphatic rings. The first kappa shape index (κ1) is 10.8. The van der Waals surface area contributed by atoms with E-state index >= 15 is 0 Å². The van der Waals surface area contributed by atoms with Gasteiger partial charge in [-0.25, -0.2) is 0 Å². The molecule has 1 nitrogen and oxygen atoms in total. The van der Waals surface area contributed by atoms with E-state index in [1.807, 2.05) is 34.0 Å². The van der Waals surface area contributed by atoms with Crippen molar-refractivity contribution in [1.82, 2.24) is 0 Å². The van der Waals surface area contributed by atoms with Crippen molar-refractivity contribution in [3.05, 3.63) is 25.5 Å². The van der Waals surface area contributed by atoms with Crippen molar-refractivity contribution in [2.45, 2.75) is 13.5 Å². The molecular weight excluding hydrogens is 383 g/mol. The minimum Gasteiger partial charge on any atom is -0.487 e. The summed E-state index contributed by atoms with van der Waals surface area (Å²) in [5.41, 5.74) is 1.40. The standard InChI is InChI=1S/C12H7IOS3/c1-5-2-7-12(15-5)11-6(4-14-7)10-8(16-11)3-9(13)17-10/h2-3H,4H2,1H3. The molecule has 0 saturated carbocycles. The molecule has 4 rings (SSSR count). The predicted molar refractivity (Wildman–Crippen MR) is 84.8 cm³/mol. The van der Waals surface area contributed by atoms with E-state index in [9.17, 15) is 0 Å². The van der Waals surface area contributed by atoms with Crippen molar-refractivity contribution in [2.75, 3.05) is 0 Å². The molecule has 1 aliphatic heterocycles. The molecule has 0 saturated heterocycles. The highest BCUT2D eigenvalue weighted by molar-refractivity contribution is 14.1. The predicted octanol–water partition coefficient (Wildman–Crippen LogP) is 5.50. The van der Waals surface area contributed by atoms with Crippen LogP contribution in [0.4, 0.5) is 0 Å². The van der Waals surface area contributed by atoms with E-state index in [1.165, 1.54) is 32.5 Å². The zero-order chi connectivity index (χ0) is 11.6. The average Bonchev–Trinajstić information content (AvgIpc) is 2.88. The molecule has 0 aliphatic carbocycles. The Kier molecular flexibility index (Phi) is 2.34. The molecule has 0 aromatic carbocycles. The van der Waals surface area contributed by atoms with E-state index < -0.39 is 0 Å². The van der Waals surface area contributed by atoms with E-state index in [0.29, 0.717) is 0 Å². The van der Waals surface area contributed by atoms with Crippen molar-refractivity contribution in [2.24, 2.45) is 0 Å². The van der Waals surface area contributed by atoms with Crippen molar-refractivity contribution in [1.29, 1.82) is 0 Å². The number of thiophene rings is 3. The molecule has 0 bridgehead atoms. The average molecular weight is 390 g/mol. The first-order chi connectivity index (χ1) is 8.22. The van der Waals surface area contributed by atoms with Crippen LogP contribution in [0.15, 0.2) is 12.1 Å². The molecule has 5 heteroatoms. The van der Waals surface area contributed by atoms with E-state index in [2.05, 4.69) is 41.6 Å². The van der Waals surface area contributed by atoms with Crippen molar-refractivity contribution >= 4 is 66.0 Å².